The molecule has 1 aliphatic rings. The van der Waals surface area contributed by atoms with Gasteiger partial charge in [-0.25, -0.2) is 0 Å². The molecular weight excluding hydrogens is 389 g/mol. The zero-order chi connectivity index (χ0) is 19.6. The summed E-state index contributed by atoms with van der Waals surface area (Å²) in [5, 5.41) is 15.0. The lowest BCUT2D eigenvalue weighted by Crippen LogP contribution is -2.34. The van der Waals surface area contributed by atoms with Crippen molar-refractivity contribution in [2.45, 2.75) is 19.8 Å². The minimum atomic E-state index is -0.485. The van der Waals surface area contributed by atoms with E-state index in [2.05, 4.69) is 12.2 Å². The number of anilines is 2. The normalized spacial score (nSPS) is 16.9. The van der Waals surface area contributed by atoms with Crippen LogP contribution in [-0.4, -0.2) is 23.9 Å². The van der Waals surface area contributed by atoms with Crippen LogP contribution in [0.15, 0.2) is 36.4 Å². The third-order valence-corrected chi connectivity index (χ3v) is 5.17. The van der Waals surface area contributed by atoms with Gasteiger partial charge in [0.2, 0.25) is 0 Å². The summed E-state index contributed by atoms with van der Waals surface area (Å²) in [5.74, 6) is -0.00729. The topological polar surface area (TPSA) is 75.5 Å². The molecule has 0 aliphatic carbocycles. The van der Waals surface area contributed by atoms with Crippen LogP contribution in [0.4, 0.5) is 17.1 Å². The van der Waals surface area contributed by atoms with Crippen LogP contribution in [0, 0.1) is 16.0 Å². The second kappa shape index (κ2) is 8.15. The number of halogens is 2. The third-order valence-electron chi connectivity index (χ3n) is 4.61. The number of hydrogen-bond donors (Lipinski definition) is 1. The number of nitrogens with zero attached hydrogens (tertiary/aromatic N) is 2. The second-order valence-corrected chi connectivity index (χ2v) is 7.58. The number of nitro groups is 1. The molecule has 1 amide bonds. The molecular formula is C19H19Cl2N3O3. The van der Waals surface area contributed by atoms with Gasteiger partial charge < -0.3 is 10.2 Å². The lowest BCUT2D eigenvalue weighted by Gasteiger charge is -2.32. The molecule has 0 spiro atoms. The van der Waals surface area contributed by atoms with Crippen molar-refractivity contribution < 1.29 is 9.72 Å². The lowest BCUT2D eigenvalue weighted by molar-refractivity contribution is -0.384. The first-order valence-corrected chi connectivity index (χ1v) is 9.40. The molecule has 1 N–H and O–H groups in total. The molecule has 0 bridgehead atoms. The fourth-order valence-corrected chi connectivity index (χ4v) is 3.61. The quantitative estimate of drug-likeness (QED) is 0.544. The SMILES string of the molecule is C[C@H]1CCCN(c2ccc(C(=O)Nc3cc(Cl)ccc3Cl)cc2[N+](=O)[O-])C1. The number of hydrogen-bond acceptors (Lipinski definition) is 4. The molecule has 0 unspecified atom stereocenters. The van der Waals surface area contributed by atoms with Gasteiger partial charge in [0.15, 0.2) is 0 Å². The number of amides is 1. The van der Waals surface area contributed by atoms with Gasteiger partial charge in [0.1, 0.15) is 5.69 Å². The lowest BCUT2D eigenvalue weighted by atomic mass is 9.99. The van der Waals surface area contributed by atoms with Crippen molar-refractivity contribution in [1.82, 2.24) is 0 Å². The minimum Gasteiger partial charge on any atom is -0.366 e. The number of nitrogens with one attached hydrogen (secondary N) is 1. The summed E-state index contributed by atoms with van der Waals surface area (Å²) in [5.41, 5.74) is 1.01. The molecule has 8 heteroatoms. The van der Waals surface area contributed by atoms with Crippen LogP contribution in [0.3, 0.4) is 0 Å². The van der Waals surface area contributed by atoms with E-state index in [1.807, 2.05) is 4.90 Å². The maximum Gasteiger partial charge on any atom is 0.293 e. The molecule has 1 saturated heterocycles. The molecule has 142 valence electrons. The van der Waals surface area contributed by atoms with Crippen molar-refractivity contribution >= 4 is 46.2 Å². The van der Waals surface area contributed by atoms with Gasteiger partial charge in [-0.05, 0) is 49.1 Å². The van der Waals surface area contributed by atoms with Crippen LogP contribution in [0.1, 0.15) is 30.1 Å². The molecule has 2 aromatic rings. The van der Waals surface area contributed by atoms with Crippen LogP contribution < -0.4 is 10.2 Å². The summed E-state index contributed by atoms with van der Waals surface area (Å²) in [6.07, 6.45) is 2.11. The predicted molar refractivity (Wildman–Crippen MR) is 108 cm³/mol. The Hall–Kier alpha value is -2.31. The molecule has 0 radical (unpaired) electrons. The molecule has 27 heavy (non-hydrogen) atoms. The van der Waals surface area contributed by atoms with Crippen molar-refractivity contribution in [3.8, 4) is 0 Å². The number of piperidine rings is 1. The second-order valence-electron chi connectivity index (χ2n) is 6.73. The van der Waals surface area contributed by atoms with Crippen molar-refractivity contribution in [2.75, 3.05) is 23.3 Å². The summed E-state index contributed by atoms with van der Waals surface area (Å²) >= 11 is 12.0. The van der Waals surface area contributed by atoms with Crippen molar-refractivity contribution in [3.05, 3.63) is 62.1 Å². The first kappa shape index (κ1) is 19.5. The minimum absolute atomic E-state index is 0.0751. The Balaban J connectivity index is 1.88. The average Bonchev–Trinajstić information content (AvgIpc) is 2.64. The highest BCUT2D eigenvalue weighted by Crippen LogP contribution is 2.33. The van der Waals surface area contributed by atoms with E-state index in [4.69, 9.17) is 23.2 Å². The summed E-state index contributed by atoms with van der Waals surface area (Å²) < 4.78 is 0. The molecule has 0 aromatic heterocycles. The number of nitro benzene ring substituents is 1. The predicted octanol–water partition coefficient (Wildman–Crippen LogP) is 5.39. The molecule has 0 saturated carbocycles. The molecule has 1 fully saturated rings. The molecule has 2 aromatic carbocycles. The van der Waals surface area contributed by atoms with Gasteiger partial charge in [-0.3, -0.25) is 14.9 Å². The van der Waals surface area contributed by atoms with E-state index in [0.29, 0.717) is 27.3 Å². The summed E-state index contributed by atoms with van der Waals surface area (Å²) in [4.78, 5) is 25.7. The molecule has 1 aliphatic heterocycles. The van der Waals surface area contributed by atoms with Crippen LogP contribution in [-0.2, 0) is 0 Å². The van der Waals surface area contributed by atoms with E-state index >= 15 is 0 Å². The first-order chi connectivity index (χ1) is 12.8. The van der Waals surface area contributed by atoms with Gasteiger partial charge in [-0.15, -0.1) is 0 Å². The molecule has 1 heterocycles. The Morgan fingerprint density at radius 3 is 2.74 bits per heavy atom. The molecule has 1 atom stereocenters. The van der Waals surface area contributed by atoms with E-state index in [1.165, 1.54) is 12.1 Å². The van der Waals surface area contributed by atoms with Crippen LogP contribution in [0.25, 0.3) is 0 Å². The number of carbonyl (C=O) groups excluding carboxylic acids is 1. The van der Waals surface area contributed by atoms with Gasteiger partial charge in [0, 0.05) is 29.7 Å². The highest BCUT2D eigenvalue weighted by atomic mass is 35.5. The maximum absolute atomic E-state index is 12.5. The van der Waals surface area contributed by atoms with E-state index < -0.39 is 10.8 Å². The van der Waals surface area contributed by atoms with E-state index in [-0.39, 0.29) is 11.3 Å². The largest absolute Gasteiger partial charge is 0.366 e. The Bertz CT molecular complexity index is 888. The van der Waals surface area contributed by atoms with Crippen LogP contribution >= 0.6 is 23.2 Å². The first-order valence-electron chi connectivity index (χ1n) is 8.65. The Kier molecular flexibility index (Phi) is 5.87. The molecule has 6 nitrogen and oxygen atoms in total. The Labute approximate surface area is 167 Å². The van der Waals surface area contributed by atoms with Crippen LogP contribution in [0.5, 0.6) is 0 Å². The highest BCUT2D eigenvalue weighted by molar-refractivity contribution is 6.35. The van der Waals surface area contributed by atoms with Crippen LogP contribution in [0.2, 0.25) is 10.0 Å². The van der Waals surface area contributed by atoms with Crippen molar-refractivity contribution in [3.63, 3.8) is 0 Å². The number of rotatable bonds is 4. The Morgan fingerprint density at radius 2 is 2.04 bits per heavy atom. The fourth-order valence-electron chi connectivity index (χ4n) is 3.27. The zero-order valence-electron chi connectivity index (χ0n) is 14.7. The Morgan fingerprint density at radius 1 is 1.26 bits per heavy atom. The van der Waals surface area contributed by atoms with E-state index in [0.717, 1.165) is 25.9 Å². The van der Waals surface area contributed by atoms with E-state index in [1.54, 1.807) is 24.3 Å². The fraction of sp³-hybridized carbons (Fsp3) is 0.316. The summed E-state index contributed by atoms with van der Waals surface area (Å²) in [6, 6.07) is 9.25. The monoisotopic (exact) mass is 407 g/mol. The average molecular weight is 408 g/mol. The number of carbonyl (C=O) groups is 1. The van der Waals surface area contributed by atoms with Gasteiger partial charge >= 0.3 is 0 Å². The maximum atomic E-state index is 12.5. The molecule has 3 rings (SSSR count). The van der Waals surface area contributed by atoms with Crippen molar-refractivity contribution in [1.29, 1.82) is 0 Å². The van der Waals surface area contributed by atoms with E-state index in [9.17, 15) is 14.9 Å². The van der Waals surface area contributed by atoms with Crippen molar-refractivity contribution in [2.24, 2.45) is 5.92 Å². The number of benzene rings is 2. The third kappa shape index (κ3) is 4.51. The van der Waals surface area contributed by atoms with Gasteiger partial charge in [0.05, 0.1) is 15.6 Å². The highest BCUT2D eigenvalue weighted by Gasteiger charge is 2.25. The van der Waals surface area contributed by atoms with Gasteiger partial charge in [-0.1, -0.05) is 30.1 Å². The standard InChI is InChI=1S/C19H19Cl2N3O3/c1-12-3-2-8-23(11-12)17-7-4-13(9-18(17)24(26)27)19(25)22-16-10-14(20)5-6-15(16)21/h4-7,9-10,12H,2-3,8,11H2,1H3,(H,22,25)/t12-/m0/s1. The smallest absolute Gasteiger partial charge is 0.293 e. The van der Waals surface area contributed by atoms with Gasteiger partial charge in [-0.2, -0.15) is 0 Å². The zero-order valence-corrected chi connectivity index (χ0v) is 16.3. The summed E-state index contributed by atoms with van der Waals surface area (Å²) in [7, 11) is 0. The summed E-state index contributed by atoms with van der Waals surface area (Å²) in [6.45, 7) is 3.67. The van der Waals surface area contributed by atoms with Gasteiger partial charge in [0.25, 0.3) is 11.6 Å².